The largest absolute Gasteiger partial charge is 0.355 e. The van der Waals surface area contributed by atoms with Gasteiger partial charge in [-0.1, -0.05) is 59.0 Å². The van der Waals surface area contributed by atoms with E-state index in [1.807, 2.05) is 54.6 Å². The number of rotatable bonds is 3. The third kappa shape index (κ3) is 2.72. The van der Waals surface area contributed by atoms with Crippen molar-refractivity contribution in [3.63, 3.8) is 0 Å². The predicted octanol–water partition coefficient (Wildman–Crippen LogP) is 4.20. The second-order valence-electron chi connectivity index (χ2n) is 4.88. The summed E-state index contributed by atoms with van der Waals surface area (Å²) in [7, 11) is 0. The lowest BCUT2D eigenvalue weighted by Gasteiger charge is -1.95. The summed E-state index contributed by atoms with van der Waals surface area (Å²) >= 11 is 1.42. The van der Waals surface area contributed by atoms with E-state index < -0.39 is 0 Å². The first-order chi connectivity index (χ1) is 11.3. The SMILES string of the molecule is O=C(Nc1nc2ccccc2s1)c1cc(-c2ccccc2)on1. The molecule has 0 aliphatic carbocycles. The molecule has 1 N–H and O–H groups in total. The number of nitrogens with zero attached hydrogens (tertiary/aromatic N) is 2. The van der Waals surface area contributed by atoms with Crippen LogP contribution in [-0.4, -0.2) is 16.0 Å². The third-order valence-electron chi connectivity index (χ3n) is 3.32. The van der Waals surface area contributed by atoms with E-state index in [2.05, 4.69) is 15.5 Å². The van der Waals surface area contributed by atoms with Gasteiger partial charge < -0.3 is 4.52 Å². The number of hydrogen-bond acceptors (Lipinski definition) is 5. The highest BCUT2D eigenvalue weighted by molar-refractivity contribution is 7.22. The zero-order valence-electron chi connectivity index (χ0n) is 11.9. The number of hydrogen-bond donors (Lipinski definition) is 1. The van der Waals surface area contributed by atoms with Crippen molar-refractivity contribution in [2.45, 2.75) is 0 Å². The summed E-state index contributed by atoms with van der Waals surface area (Å²) in [5.74, 6) is 0.218. The van der Waals surface area contributed by atoms with Crippen LogP contribution in [-0.2, 0) is 0 Å². The average molecular weight is 321 g/mol. The van der Waals surface area contributed by atoms with Crippen LogP contribution in [0.25, 0.3) is 21.5 Å². The Labute approximate surface area is 135 Å². The van der Waals surface area contributed by atoms with Crippen molar-refractivity contribution < 1.29 is 9.32 Å². The first-order valence-corrected chi connectivity index (χ1v) is 7.80. The molecule has 0 atom stereocenters. The average Bonchev–Trinajstić information content (AvgIpc) is 3.22. The van der Waals surface area contributed by atoms with Gasteiger partial charge in [0.25, 0.3) is 5.91 Å². The standard InChI is InChI=1S/C17H11N3O2S/c21-16(19-17-18-12-8-4-5-9-15(12)23-17)13-10-14(22-20-13)11-6-2-1-3-7-11/h1-10H,(H,18,19,21). The number of anilines is 1. The Kier molecular flexibility index (Phi) is 3.36. The Hall–Kier alpha value is -2.99. The molecule has 0 unspecified atom stereocenters. The summed E-state index contributed by atoms with van der Waals surface area (Å²) in [5.41, 5.74) is 1.96. The minimum Gasteiger partial charge on any atom is -0.355 e. The van der Waals surface area contributed by atoms with Crippen LogP contribution in [0.2, 0.25) is 0 Å². The summed E-state index contributed by atoms with van der Waals surface area (Å²) < 4.78 is 6.26. The monoisotopic (exact) mass is 321 g/mol. The van der Waals surface area contributed by atoms with Crippen LogP contribution in [0.3, 0.4) is 0 Å². The van der Waals surface area contributed by atoms with E-state index in [1.165, 1.54) is 11.3 Å². The number of thiazole rings is 1. The fraction of sp³-hybridized carbons (Fsp3) is 0. The molecule has 112 valence electrons. The number of amides is 1. The highest BCUT2D eigenvalue weighted by atomic mass is 32.1. The number of benzene rings is 2. The lowest BCUT2D eigenvalue weighted by atomic mass is 10.1. The maximum absolute atomic E-state index is 12.3. The molecule has 0 bridgehead atoms. The maximum Gasteiger partial charge on any atom is 0.279 e. The Morgan fingerprint density at radius 3 is 2.65 bits per heavy atom. The molecule has 2 aromatic carbocycles. The first kappa shape index (κ1) is 13.7. The fourth-order valence-electron chi connectivity index (χ4n) is 2.21. The molecule has 4 rings (SSSR count). The maximum atomic E-state index is 12.3. The highest BCUT2D eigenvalue weighted by Gasteiger charge is 2.15. The molecule has 1 amide bonds. The molecule has 0 saturated heterocycles. The van der Waals surface area contributed by atoms with Gasteiger partial charge in [0, 0.05) is 11.6 Å². The van der Waals surface area contributed by atoms with Crippen molar-refractivity contribution in [2.24, 2.45) is 0 Å². The molecule has 0 saturated carbocycles. The van der Waals surface area contributed by atoms with Gasteiger partial charge in [-0.3, -0.25) is 10.1 Å². The predicted molar refractivity (Wildman–Crippen MR) is 89.5 cm³/mol. The molecule has 23 heavy (non-hydrogen) atoms. The van der Waals surface area contributed by atoms with E-state index in [0.29, 0.717) is 10.9 Å². The van der Waals surface area contributed by atoms with Crippen molar-refractivity contribution in [1.82, 2.24) is 10.1 Å². The molecule has 2 heterocycles. The lowest BCUT2D eigenvalue weighted by molar-refractivity contribution is 0.101. The van der Waals surface area contributed by atoms with Crippen molar-refractivity contribution in [2.75, 3.05) is 5.32 Å². The summed E-state index contributed by atoms with van der Waals surface area (Å²) in [6, 6.07) is 18.9. The van der Waals surface area contributed by atoms with Crippen molar-refractivity contribution in [3.05, 3.63) is 66.4 Å². The smallest absolute Gasteiger partial charge is 0.279 e. The van der Waals surface area contributed by atoms with E-state index in [-0.39, 0.29) is 11.6 Å². The van der Waals surface area contributed by atoms with Gasteiger partial charge in [-0.05, 0) is 12.1 Å². The number of carbonyl (C=O) groups is 1. The van der Waals surface area contributed by atoms with Gasteiger partial charge in [-0.25, -0.2) is 4.98 Å². The zero-order valence-corrected chi connectivity index (χ0v) is 12.7. The number of para-hydroxylation sites is 1. The lowest BCUT2D eigenvalue weighted by Crippen LogP contribution is -2.11. The number of nitrogens with one attached hydrogen (secondary N) is 1. The topological polar surface area (TPSA) is 68.0 Å². The van der Waals surface area contributed by atoms with Crippen LogP contribution in [0.15, 0.2) is 65.2 Å². The van der Waals surface area contributed by atoms with Gasteiger partial charge in [0.05, 0.1) is 10.2 Å². The molecular formula is C17H11N3O2S. The second kappa shape index (κ2) is 5.66. The van der Waals surface area contributed by atoms with E-state index >= 15 is 0 Å². The normalized spacial score (nSPS) is 10.8. The quantitative estimate of drug-likeness (QED) is 0.614. The zero-order chi connectivity index (χ0) is 15.6. The molecule has 0 fully saturated rings. The van der Waals surface area contributed by atoms with E-state index in [0.717, 1.165) is 15.8 Å². The number of aromatic nitrogens is 2. The molecular weight excluding hydrogens is 310 g/mol. The Morgan fingerprint density at radius 1 is 1.04 bits per heavy atom. The van der Waals surface area contributed by atoms with Crippen LogP contribution < -0.4 is 5.32 Å². The molecule has 6 heteroatoms. The van der Waals surface area contributed by atoms with E-state index in [9.17, 15) is 4.79 Å². The summed E-state index contributed by atoms with van der Waals surface area (Å²) in [5, 5.41) is 7.13. The Morgan fingerprint density at radius 2 is 1.83 bits per heavy atom. The number of fused-ring (bicyclic) bond motifs is 1. The minimum atomic E-state index is -0.338. The van der Waals surface area contributed by atoms with Gasteiger partial charge >= 0.3 is 0 Å². The van der Waals surface area contributed by atoms with Gasteiger partial charge in [-0.2, -0.15) is 0 Å². The third-order valence-corrected chi connectivity index (χ3v) is 4.27. The molecule has 0 radical (unpaired) electrons. The van der Waals surface area contributed by atoms with Gasteiger partial charge in [-0.15, -0.1) is 0 Å². The summed E-state index contributed by atoms with van der Waals surface area (Å²) in [6.45, 7) is 0. The van der Waals surface area contributed by atoms with E-state index in [1.54, 1.807) is 6.07 Å². The molecule has 0 aliphatic heterocycles. The van der Waals surface area contributed by atoms with Crippen LogP contribution in [0, 0.1) is 0 Å². The molecule has 0 spiro atoms. The molecule has 2 aromatic heterocycles. The fourth-order valence-corrected chi connectivity index (χ4v) is 3.07. The highest BCUT2D eigenvalue weighted by Crippen LogP contribution is 2.26. The molecule has 4 aromatic rings. The van der Waals surface area contributed by atoms with Crippen molar-refractivity contribution in [3.8, 4) is 11.3 Å². The van der Waals surface area contributed by atoms with Crippen LogP contribution in [0.4, 0.5) is 5.13 Å². The molecule has 0 aliphatic rings. The first-order valence-electron chi connectivity index (χ1n) is 6.99. The number of carbonyl (C=O) groups excluding carboxylic acids is 1. The Balaban J connectivity index is 1.56. The van der Waals surface area contributed by atoms with Crippen molar-refractivity contribution >= 4 is 32.6 Å². The molecule has 5 nitrogen and oxygen atoms in total. The van der Waals surface area contributed by atoms with Gasteiger partial charge in [0.15, 0.2) is 16.6 Å². The van der Waals surface area contributed by atoms with Gasteiger partial charge in [0.2, 0.25) is 0 Å². The minimum absolute atomic E-state index is 0.225. The second-order valence-corrected chi connectivity index (χ2v) is 5.91. The van der Waals surface area contributed by atoms with Crippen LogP contribution in [0.5, 0.6) is 0 Å². The van der Waals surface area contributed by atoms with Crippen LogP contribution in [0.1, 0.15) is 10.5 Å². The van der Waals surface area contributed by atoms with E-state index in [4.69, 9.17) is 4.52 Å². The van der Waals surface area contributed by atoms with Crippen LogP contribution >= 0.6 is 11.3 Å². The van der Waals surface area contributed by atoms with Crippen molar-refractivity contribution in [1.29, 1.82) is 0 Å². The summed E-state index contributed by atoms with van der Waals surface area (Å²) in [6.07, 6.45) is 0. The summed E-state index contributed by atoms with van der Waals surface area (Å²) in [4.78, 5) is 16.6. The Bertz CT molecular complexity index is 943. The van der Waals surface area contributed by atoms with Gasteiger partial charge in [0.1, 0.15) is 0 Å².